The SMILES string of the molecule is C=CCC(NC(=O)OCC1c2ccccc2-c2ccccc21)C(=O)N1CCSC(C(=O)O)C1. The first-order chi connectivity index (χ1) is 16.0. The summed E-state index contributed by atoms with van der Waals surface area (Å²) >= 11 is 1.32. The molecule has 2 aromatic rings. The molecule has 1 saturated heterocycles. The fourth-order valence-electron chi connectivity index (χ4n) is 4.39. The molecular formula is C25H26N2O5S. The molecule has 2 atom stereocenters. The molecule has 7 nitrogen and oxygen atoms in total. The molecule has 0 saturated carbocycles. The Balaban J connectivity index is 1.40. The summed E-state index contributed by atoms with van der Waals surface area (Å²) in [6, 6.07) is 15.3. The maximum Gasteiger partial charge on any atom is 0.407 e. The highest BCUT2D eigenvalue weighted by atomic mass is 32.2. The van der Waals surface area contributed by atoms with Gasteiger partial charge in [-0.25, -0.2) is 4.79 Å². The first kappa shape index (κ1) is 22.9. The second-order valence-corrected chi connectivity index (χ2v) is 9.34. The Labute approximate surface area is 196 Å². The van der Waals surface area contributed by atoms with Crippen LogP contribution in [-0.4, -0.2) is 64.7 Å². The van der Waals surface area contributed by atoms with Crippen LogP contribution in [0.3, 0.4) is 0 Å². The van der Waals surface area contributed by atoms with Crippen molar-refractivity contribution in [2.45, 2.75) is 23.6 Å². The molecule has 172 valence electrons. The molecule has 2 amide bonds. The zero-order chi connectivity index (χ0) is 23.4. The predicted octanol–water partition coefficient (Wildman–Crippen LogP) is 3.50. The number of aliphatic carboxylic acids is 1. The van der Waals surface area contributed by atoms with Crippen LogP contribution in [0.4, 0.5) is 4.79 Å². The van der Waals surface area contributed by atoms with Crippen molar-refractivity contribution in [1.29, 1.82) is 0 Å². The van der Waals surface area contributed by atoms with Gasteiger partial charge in [-0.05, 0) is 28.7 Å². The number of carbonyl (C=O) groups is 3. The summed E-state index contributed by atoms with van der Waals surface area (Å²) in [7, 11) is 0. The molecule has 0 aromatic heterocycles. The van der Waals surface area contributed by atoms with E-state index >= 15 is 0 Å². The highest BCUT2D eigenvalue weighted by Gasteiger charge is 2.33. The van der Waals surface area contributed by atoms with Gasteiger partial charge in [-0.3, -0.25) is 9.59 Å². The van der Waals surface area contributed by atoms with Gasteiger partial charge in [0, 0.05) is 24.8 Å². The van der Waals surface area contributed by atoms with Crippen LogP contribution in [0.1, 0.15) is 23.5 Å². The maximum atomic E-state index is 13.0. The Morgan fingerprint density at radius 1 is 1.15 bits per heavy atom. The average molecular weight is 467 g/mol. The Bertz CT molecular complexity index is 1030. The summed E-state index contributed by atoms with van der Waals surface area (Å²) in [5.74, 6) is -0.807. The molecule has 8 heteroatoms. The Kier molecular flexibility index (Phi) is 7.03. The first-order valence-electron chi connectivity index (χ1n) is 10.8. The number of rotatable bonds is 7. The largest absolute Gasteiger partial charge is 0.480 e. The van der Waals surface area contributed by atoms with Gasteiger partial charge in [0.1, 0.15) is 17.9 Å². The van der Waals surface area contributed by atoms with Gasteiger partial charge >= 0.3 is 12.1 Å². The summed E-state index contributed by atoms with van der Waals surface area (Å²) in [4.78, 5) is 38.4. The third-order valence-electron chi connectivity index (χ3n) is 5.99. The van der Waals surface area contributed by atoms with E-state index in [2.05, 4.69) is 24.0 Å². The molecule has 0 spiro atoms. The first-order valence-corrected chi connectivity index (χ1v) is 11.9. The number of nitrogens with one attached hydrogen (secondary N) is 1. The number of ether oxygens (including phenoxy) is 1. The topological polar surface area (TPSA) is 95.9 Å². The lowest BCUT2D eigenvalue weighted by molar-refractivity contribution is -0.138. The number of benzene rings is 2. The van der Waals surface area contributed by atoms with Crippen LogP contribution >= 0.6 is 11.8 Å². The summed E-state index contributed by atoms with van der Waals surface area (Å²) in [5.41, 5.74) is 4.49. The van der Waals surface area contributed by atoms with Gasteiger partial charge in [0.05, 0.1) is 0 Å². The number of amides is 2. The van der Waals surface area contributed by atoms with Crippen LogP contribution in [-0.2, 0) is 14.3 Å². The Morgan fingerprint density at radius 3 is 2.39 bits per heavy atom. The minimum atomic E-state index is -0.942. The summed E-state index contributed by atoms with van der Waals surface area (Å²) < 4.78 is 5.56. The summed E-state index contributed by atoms with van der Waals surface area (Å²) in [6.07, 6.45) is 1.10. The van der Waals surface area contributed by atoms with E-state index in [9.17, 15) is 19.5 Å². The van der Waals surface area contributed by atoms with E-state index in [1.807, 2.05) is 36.4 Å². The number of hydrogen-bond acceptors (Lipinski definition) is 5. The minimum Gasteiger partial charge on any atom is -0.480 e. The zero-order valence-electron chi connectivity index (χ0n) is 18.1. The number of thioether (sulfide) groups is 1. The van der Waals surface area contributed by atoms with Crippen molar-refractivity contribution in [3.63, 3.8) is 0 Å². The van der Waals surface area contributed by atoms with E-state index in [4.69, 9.17) is 4.74 Å². The quantitative estimate of drug-likeness (QED) is 0.607. The molecule has 33 heavy (non-hydrogen) atoms. The predicted molar refractivity (Wildman–Crippen MR) is 127 cm³/mol. The van der Waals surface area contributed by atoms with Gasteiger partial charge in [-0.2, -0.15) is 0 Å². The smallest absolute Gasteiger partial charge is 0.407 e. The van der Waals surface area contributed by atoms with Crippen molar-refractivity contribution >= 4 is 29.7 Å². The van der Waals surface area contributed by atoms with Gasteiger partial charge in [0.15, 0.2) is 0 Å². The van der Waals surface area contributed by atoms with Crippen LogP contribution in [0, 0.1) is 0 Å². The van der Waals surface area contributed by atoms with Crippen molar-refractivity contribution in [3.05, 3.63) is 72.3 Å². The van der Waals surface area contributed by atoms with E-state index in [0.717, 1.165) is 22.3 Å². The molecule has 1 aliphatic heterocycles. The minimum absolute atomic E-state index is 0.0767. The maximum absolute atomic E-state index is 13.0. The lowest BCUT2D eigenvalue weighted by atomic mass is 9.98. The average Bonchev–Trinajstić information content (AvgIpc) is 3.16. The van der Waals surface area contributed by atoms with E-state index < -0.39 is 23.4 Å². The molecule has 1 aliphatic carbocycles. The van der Waals surface area contributed by atoms with Crippen molar-refractivity contribution < 1.29 is 24.2 Å². The third-order valence-corrected chi connectivity index (χ3v) is 7.16. The van der Waals surface area contributed by atoms with Gasteiger partial charge in [-0.15, -0.1) is 18.3 Å². The van der Waals surface area contributed by atoms with Gasteiger partial charge in [-0.1, -0.05) is 54.6 Å². The van der Waals surface area contributed by atoms with Crippen LogP contribution in [0.5, 0.6) is 0 Å². The summed E-state index contributed by atoms with van der Waals surface area (Å²) in [6.45, 7) is 4.37. The van der Waals surface area contributed by atoms with Crippen LogP contribution < -0.4 is 5.32 Å². The molecule has 0 radical (unpaired) electrons. The van der Waals surface area contributed by atoms with Crippen molar-refractivity contribution in [1.82, 2.24) is 10.2 Å². The van der Waals surface area contributed by atoms with Crippen LogP contribution in [0.15, 0.2) is 61.2 Å². The molecule has 2 unspecified atom stereocenters. The van der Waals surface area contributed by atoms with E-state index in [1.54, 1.807) is 6.08 Å². The lowest BCUT2D eigenvalue weighted by Gasteiger charge is -2.33. The zero-order valence-corrected chi connectivity index (χ0v) is 18.9. The highest BCUT2D eigenvalue weighted by molar-refractivity contribution is 8.00. The lowest BCUT2D eigenvalue weighted by Crippen LogP contribution is -2.53. The van der Waals surface area contributed by atoms with Gasteiger partial charge in [0.2, 0.25) is 5.91 Å². The summed E-state index contributed by atoms with van der Waals surface area (Å²) in [5, 5.41) is 11.3. The molecule has 0 bridgehead atoms. The highest BCUT2D eigenvalue weighted by Crippen LogP contribution is 2.44. The Morgan fingerprint density at radius 2 is 1.79 bits per heavy atom. The van der Waals surface area contributed by atoms with Crippen LogP contribution in [0.25, 0.3) is 11.1 Å². The number of carboxylic acid groups (broad SMARTS) is 1. The van der Waals surface area contributed by atoms with Gasteiger partial charge < -0.3 is 20.1 Å². The van der Waals surface area contributed by atoms with Crippen molar-refractivity contribution in [3.8, 4) is 11.1 Å². The molecule has 1 fully saturated rings. The van der Waals surface area contributed by atoms with E-state index in [1.165, 1.54) is 16.7 Å². The number of hydrogen-bond donors (Lipinski definition) is 2. The fourth-order valence-corrected chi connectivity index (χ4v) is 5.43. The normalized spacial score (nSPS) is 18.1. The molecule has 4 rings (SSSR count). The number of nitrogens with zero attached hydrogens (tertiary/aromatic N) is 1. The molecule has 2 N–H and O–H groups in total. The standard InChI is InChI=1S/C25H26N2O5S/c1-2-7-21(23(28)27-12-13-33-22(14-27)24(29)30)26-25(31)32-15-20-18-10-5-3-8-16(18)17-9-4-6-11-19(17)20/h2-6,8-11,20-22H,1,7,12-15H2,(H,26,31)(H,29,30). The third kappa shape index (κ3) is 4.90. The monoisotopic (exact) mass is 466 g/mol. The molecule has 2 aliphatic rings. The van der Waals surface area contributed by atoms with Crippen LogP contribution in [0.2, 0.25) is 0 Å². The Hall–Kier alpha value is -3.26. The van der Waals surface area contributed by atoms with Crippen molar-refractivity contribution in [2.75, 3.05) is 25.4 Å². The molecule has 1 heterocycles. The second-order valence-electron chi connectivity index (χ2n) is 8.03. The number of alkyl carbamates (subject to hydrolysis) is 1. The van der Waals surface area contributed by atoms with E-state index in [-0.39, 0.29) is 31.4 Å². The van der Waals surface area contributed by atoms with Crippen molar-refractivity contribution in [2.24, 2.45) is 0 Å². The number of carbonyl (C=O) groups excluding carboxylic acids is 2. The fraction of sp³-hybridized carbons (Fsp3) is 0.320. The molecular weight excluding hydrogens is 440 g/mol. The number of fused-ring (bicyclic) bond motifs is 3. The van der Waals surface area contributed by atoms with E-state index in [0.29, 0.717) is 12.3 Å². The second kappa shape index (κ2) is 10.1. The van der Waals surface area contributed by atoms with Gasteiger partial charge in [0.25, 0.3) is 0 Å². The molecule has 2 aromatic carbocycles. The number of carboxylic acids is 1.